The molecule has 0 spiro atoms. The number of hydrogen-bond donors (Lipinski definition) is 2. The van der Waals surface area contributed by atoms with E-state index in [1.165, 1.54) is 0 Å². The molecular formula is C7H5Cl3N2O3. The van der Waals surface area contributed by atoms with Crippen molar-refractivity contribution in [2.75, 3.05) is 12.3 Å². The summed E-state index contributed by atoms with van der Waals surface area (Å²) in [7, 11) is 0. The van der Waals surface area contributed by atoms with Crippen molar-refractivity contribution in [2.24, 2.45) is 0 Å². The van der Waals surface area contributed by atoms with E-state index in [9.17, 15) is 4.79 Å². The topological polar surface area (TPSA) is 85.4 Å². The quantitative estimate of drug-likeness (QED) is 0.822. The number of carboxylic acid groups (broad SMARTS) is 1. The number of nitrogen functional groups attached to an aromatic ring is 1. The predicted molar refractivity (Wildman–Crippen MR) is 56.8 cm³/mol. The molecular weight excluding hydrogens is 266 g/mol. The molecule has 0 aliphatic heterocycles. The Bertz CT molecular complexity index is 411. The summed E-state index contributed by atoms with van der Waals surface area (Å²) in [6, 6.07) is 0. The van der Waals surface area contributed by atoms with Crippen molar-refractivity contribution in [2.45, 2.75) is 0 Å². The first-order valence-electron chi connectivity index (χ1n) is 3.58. The number of rotatable bonds is 3. The lowest BCUT2D eigenvalue weighted by Crippen LogP contribution is -2.11. The van der Waals surface area contributed by atoms with Crippen LogP contribution in [0.15, 0.2) is 0 Å². The maximum absolute atomic E-state index is 10.2. The van der Waals surface area contributed by atoms with E-state index >= 15 is 0 Å². The smallest absolute Gasteiger partial charge is 0.341 e. The van der Waals surface area contributed by atoms with Crippen LogP contribution >= 0.6 is 34.8 Å². The monoisotopic (exact) mass is 270 g/mol. The van der Waals surface area contributed by atoms with Crippen molar-refractivity contribution in [3.05, 3.63) is 15.2 Å². The van der Waals surface area contributed by atoms with Crippen LogP contribution in [0.4, 0.5) is 5.69 Å². The minimum absolute atomic E-state index is 0.00118. The Morgan fingerprint density at radius 3 is 2.53 bits per heavy atom. The first-order chi connectivity index (χ1) is 6.93. The Morgan fingerprint density at radius 1 is 1.40 bits per heavy atom. The van der Waals surface area contributed by atoms with Gasteiger partial charge in [-0.15, -0.1) is 0 Å². The lowest BCUT2D eigenvalue weighted by atomic mass is 10.4. The van der Waals surface area contributed by atoms with Gasteiger partial charge in [0.25, 0.3) is 0 Å². The Morgan fingerprint density at radius 2 is 2.00 bits per heavy atom. The minimum Gasteiger partial charge on any atom is -0.479 e. The molecule has 0 aliphatic rings. The van der Waals surface area contributed by atoms with Gasteiger partial charge in [-0.3, -0.25) is 0 Å². The number of carbonyl (C=O) groups is 1. The maximum atomic E-state index is 10.2. The zero-order valence-electron chi connectivity index (χ0n) is 7.13. The molecule has 0 saturated heterocycles. The molecule has 0 bridgehead atoms. The highest BCUT2D eigenvalue weighted by molar-refractivity contribution is 6.45. The van der Waals surface area contributed by atoms with Gasteiger partial charge in [0.05, 0.1) is 5.69 Å². The number of nitrogens with two attached hydrogens (primary N) is 1. The number of pyridine rings is 1. The fourth-order valence-corrected chi connectivity index (χ4v) is 1.29. The van der Waals surface area contributed by atoms with Crippen LogP contribution < -0.4 is 10.5 Å². The normalized spacial score (nSPS) is 10.1. The Hall–Kier alpha value is -0.910. The molecule has 1 aromatic heterocycles. The third kappa shape index (κ3) is 2.77. The molecule has 0 aliphatic carbocycles. The second-order valence-electron chi connectivity index (χ2n) is 2.43. The molecule has 1 aromatic rings. The van der Waals surface area contributed by atoms with Gasteiger partial charge in [0, 0.05) is 0 Å². The summed E-state index contributed by atoms with van der Waals surface area (Å²) in [6.45, 7) is -0.593. The lowest BCUT2D eigenvalue weighted by molar-refractivity contribution is -0.139. The van der Waals surface area contributed by atoms with Gasteiger partial charge in [0.2, 0.25) is 5.88 Å². The number of aromatic nitrogens is 1. The van der Waals surface area contributed by atoms with E-state index < -0.39 is 12.6 Å². The molecule has 0 fully saturated rings. The first-order valence-corrected chi connectivity index (χ1v) is 4.71. The molecule has 3 N–H and O–H groups in total. The average Bonchev–Trinajstić information content (AvgIpc) is 2.18. The maximum Gasteiger partial charge on any atom is 0.341 e. The molecule has 82 valence electrons. The van der Waals surface area contributed by atoms with Crippen molar-refractivity contribution >= 4 is 46.5 Å². The molecule has 1 rings (SSSR count). The van der Waals surface area contributed by atoms with Gasteiger partial charge >= 0.3 is 5.97 Å². The number of anilines is 1. The number of nitrogens with zero attached hydrogens (tertiary/aromatic N) is 1. The van der Waals surface area contributed by atoms with Gasteiger partial charge < -0.3 is 15.6 Å². The fourth-order valence-electron chi connectivity index (χ4n) is 0.736. The highest BCUT2D eigenvalue weighted by Crippen LogP contribution is 2.37. The van der Waals surface area contributed by atoms with Crippen LogP contribution in [0.3, 0.4) is 0 Å². The van der Waals surface area contributed by atoms with Gasteiger partial charge in [-0.2, -0.15) is 4.98 Å². The molecule has 8 heteroatoms. The number of aliphatic carboxylic acids is 1. The van der Waals surface area contributed by atoms with E-state index in [0.29, 0.717) is 0 Å². The summed E-state index contributed by atoms with van der Waals surface area (Å²) in [5, 5.41) is 8.21. The van der Waals surface area contributed by atoms with Crippen molar-refractivity contribution in [3.63, 3.8) is 0 Å². The van der Waals surface area contributed by atoms with E-state index in [4.69, 9.17) is 50.4 Å². The van der Waals surface area contributed by atoms with Crippen molar-refractivity contribution < 1.29 is 14.6 Å². The fraction of sp³-hybridized carbons (Fsp3) is 0.143. The molecule has 0 radical (unpaired) electrons. The van der Waals surface area contributed by atoms with E-state index in [1.54, 1.807) is 0 Å². The van der Waals surface area contributed by atoms with E-state index in [2.05, 4.69) is 4.98 Å². The average molecular weight is 271 g/mol. The highest BCUT2D eigenvalue weighted by atomic mass is 35.5. The third-order valence-corrected chi connectivity index (χ3v) is 2.49. The second-order valence-corrected chi connectivity index (χ2v) is 3.55. The third-order valence-electron chi connectivity index (χ3n) is 1.37. The number of ether oxygens (including phenoxy) is 1. The van der Waals surface area contributed by atoms with E-state index in [1.807, 2.05) is 0 Å². The van der Waals surface area contributed by atoms with Gasteiger partial charge in [-0.1, -0.05) is 34.8 Å². The summed E-state index contributed by atoms with van der Waals surface area (Å²) in [4.78, 5) is 13.9. The number of hydrogen-bond acceptors (Lipinski definition) is 4. The standard InChI is InChI=1S/C7H5Cl3N2O3/c8-3-5(11)4(9)7(12-6(3)10)15-1-2(13)14/h1H2,(H2,11,12)(H,13,14). The SMILES string of the molecule is Nc1c(Cl)c(Cl)nc(OCC(=O)O)c1Cl. The van der Waals surface area contributed by atoms with Crippen molar-refractivity contribution in [1.82, 2.24) is 4.98 Å². The van der Waals surface area contributed by atoms with Crippen LogP contribution in [0.5, 0.6) is 5.88 Å². The predicted octanol–water partition coefficient (Wildman–Crippen LogP) is 2.09. The second kappa shape index (κ2) is 4.74. The summed E-state index contributed by atoms with van der Waals surface area (Å²) < 4.78 is 4.75. The molecule has 0 atom stereocenters. The van der Waals surface area contributed by atoms with Gasteiger partial charge in [-0.25, -0.2) is 4.79 Å². The summed E-state index contributed by atoms with van der Waals surface area (Å²) in [5.74, 6) is -1.33. The van der Waals surface area contributed by atoms with Crippen LogP contribution in [0.1, 0.15) is 0 Å². The number of carboxylic acids is 1. The molecule has 0 aromatic carbocycles. The van der Waals surface area contributed by atoms with Gasteiger partial charge in [0.15, 0.2) is 11.8 Å². The molecule has 0 unspecified atom stereocenters. The van der Waals surface area contributed by atoms with Crippen molar-refractivity contribution in [1.29, 1.82) is 0 Å². The minimum atomic E-state index is -1.17. The van der Waals surface area contributed by atoms with Crippen molar-refractivity contribution in [3.8, 4) is 5.88 Å². The zero-order chi connectivity index (χ0) is 11.6. The van der Waals surface area contributed by atoms with Crippen LogP contribution in [-0.4, -0.2) is 22.7 Å². The zero-order valence-corrected chi connectivity index (χ0v) is 9.40. The molecule has 1 heterocycles. The molecule has 15 heavy (non-hydrogen) atoms. The summed E-state index contributed by atoms with van der Waals surface area (Å²) >= 11 is 16.9. The van der Waals surface area contributed by atoms with Crippen LogP contribution in [0.2, 0.25) is 15.2 Å². The molecule has 0 saturated carbocycles. The van der Waals surface area contributed by atoms with Crippen LogP contribution in [0, 0.1) is 0 Å². The number of halogens is 3. The highest BCUT2D eigenvalue weighted by Gasteiger charge is 2.15. The Labute approximate surface area is 99.7 Å². The Kier molecular flexibility index (Phi) is 3.84. The van der Waals surface area contributed by atoms with E-state index in [-0.39, 0.29) is 26.8 Å². The van der Waals surface area contributed by atoms with Gasteiger partial charge in [-0.05, 0) is 0 Å². The summed E-state index contributed by atoms with van der Waals surface area (Å²) in [5.41, 5.74) is 5.47. The van der Waals surface area contributed by atoms with Crippen LogP contribution in [0.25, 0.3) is 0 Å². The molecule has 5 nitrogen and oxygen atoms in total. The van der Waals surface area contributed by atoms with Gasteiger partial charge in [0.1, 0.15) is 10.0 Å². The largest absolute Gasteiger partial charge is 0.479 e. The Balaban J connectivity index is 3.04. The summed E-state index contributed by atoms with van der Waals surface area (Å²) in [6.07, 6.45) is 0. The first kappa shape index (κ1) is 12.2. The van der Waals surface area contributed by atoms with Crippen LogP contribution in [-0.2, 0) is 4.79 Å². The molecule has 0 amide bonds. The van der Waals surface area contributed by atoms with E-state index in [0.717, 1.165) is 0 Å². The lowest BCUT2D eigenvalue weighted by Gasteiger charge is -2.08.